The topological polar surface area (TPSA) is 30.0 Å². The molecular formula is C7H2Cl2F2INO. The zero-order valence-corrected chi connectivity index (χ0v) is 10.1. The first-order chi connectivity index (χ1) is 6.45. The van der Waals surface area contributed by atoms with Crippen LogP contribution in [-0.4, -0.2) is 10.2 Å². The van der Waals surface area contributed by atoms with E-state index < -0.39 is 17.2 Å². The molecule has 1 aromatic heterocycles. The Morgan fingerprint density at radius 1 is 1.57 bits per heavy atom. The summed E-state index contributed by atoms with van der Waals surface area (Å²) >= 11 is 12.3. The van der Waals surface area contributed by atoms with Crippen LogP contribution in [-0.2, 0) is 0 Å². The Hall–Kier alpha value is -0.0100. The molecule has 0 spiro atoms. The summed E-state index contributed by atoms with van der Waals surface area (Å²) in [5.74, 6) is 0. The first-order valence-corrected chi connectivity index (χ1v) is 5.10. The van der Waals surface area contributed by atoms with Crippen LogP contribution >= 0.6 is 45.8 Å². The van der Waals surface area contributed by atoms with Crippen molar-refractivity contribution in [3.63, 3.8) is 0 Å². The van der Waals surface area contributed by atoms with Gasteiger partial charge in [-0.05, 0) is 34.2 Å². The highest BCUT2D eigenvalue weighted by Gasteiger charge is 2.22. The van der Waals surface area contributed by atoms with Crippen molar-refractivity contribution in [3.8, 4) is 0 Å². The van der Waals surface area contributed by atoms with Crippen LogP contribution in [0.4, 0.5) is 8.78 Å². The molecule has 1 rings (SSSR count). The van der Waals surface area contributed by atoms with Gasteiger partial charge < -0.3 is 0 Å². The van der Waals surface area contributed by atoms with Crippen LogP contribution in [0.1, 0.15) is 22.3 Å². The van der Waals surface area contributed by atoms with Crippen LogP contribution in [0.5, 0.6) is 0 Å². The molecule has 0 amide bonds. The van der Waals surface area contributed by atoms with Crippen molar-refractivity contribution < 1.29 is 13.6 Å². The number of hydrogen-bond acceptors (Lipinski definition) is 2. The Kier molecular flexibility index (Phi) is 4.03. The number of halogens is 5. The van der Waals surface area contributed by atoms with Gasteiger partial charge in [-0.3, -0.25) is 4.79 Å². The third kappa shape index (κ3) is 2.32. The second kappa shape index (κ2) is 4.67. The average Bonchev–Trinajstić information content (AvgIpc) is 2.02. The first-order valence-electron chi connectivity index (χ1n) is 3.27. The molecule has 0 atom stereocenters. The molecule has 0 saturated heterocycles. The van der Waals surface area contributed by atoms with Crippen LogP contribution in [0, 0.1) is 3.70 Å². The fourth-order valence-electron chi connectivity index (χ4n) is 0.806. The van der Waals surface area contributed by atoms with Crippen molar-refractivity contribution in [2.24, 2.45) is 0 Å². The molecule has 0 radical (unpaired) electrons. The molecule has 0 aromatic carbocycles. The maximum atomic E-state index is 12.4. The molecule has 14 heavy (non-hydrogen) atoms. The van der Waals surface area contributed by atoms with Crippen molar-refractivity contribution >= 4 is 51.0 Å². The van der Waals surface area contributed by atoms with Gasteiger partial charge in [0, 0.05) is 6.20 Å². The Labute approximate surface area is 102 Å². The minimum absolute atomic E-state index is 0.0595. The Bertz CT molecular complexity index is 386. The summed E-state index contributed by atoms with van der Waals surface area (Å²) in [4.78, 5) is 14.3. The molecule has 0 N–H and O–H groups in total. The molecule has 7 heteroatoms. The van der Waals surface area contributed by atoms with E-state index in [2.05, 4.69) is 4.98 Å². The number of nitrogens with zero attached hydrogens (tertiary/aromatic N) is 1. The van der Waals surface area contributed by atoms with Gasteiger partial charge in [0.15, 0.2) is 0 Å². The van der Waals surface area contributed by atoms with E-state index in [0.29, 0.717) is 0 Å². The standard InChI is InChI=1S/C7H2Cl2F2INO/c8-4-2(5(9)14)1-13-7(12)3(4)6(10)11/h1,6H. The number of carbonyl (C=O) groups excluding carboxylic acids is 1. The third-order valence-corrected chi connectivity index (χ3v) is 2.90. The molecule has 76 valence electrons. The number of hydrogen-bond donors (Lipinski definition) is 0. The van der Waals surface area contributed by atoms with Gasteiger partial charge in [0.25, 0.3) is 11.7 Å². The lowest BCUT2D eigenvalue weighted by Gasteiger charge is -2.07. The normalized spacial score (nSPS) is 10.7. The van der Waals surface area contributed by atoms with E-state index in [-0.39, 0.29) is 14.3 Å². The average molecular weight is 352 g/mol. The first kappa shape index (κ1) is 12.1. The lowest BCUT2D eigenvalue weighted by Crippen LogP contribution is -2.01. The zero-order valence-electron chi connectivity index (χ0n) is 6.40. The number of pyridine rings is 1. The van der Waals surface area contributed by atoms with Gasteiger partial charge in [0.05, 0.1) is 16.1 Å². The van der Waals surface area contributed by atoms with Crippen molar-refractivity contribution in [1.29, 1.82) is 0 Å². The van der Waals surface area contributed by atoms with E-state index in [0.717, 1.165) is 6.20 Å². The van der Waals surface area contributed by atoms with Gasteiger partial charge in [-0.15, -0.1) is 0 Å². The molecule has 1 heterocycles. The monoisotopic (exact) mass is 351 g/mol. The van der Waals surface area contributed by atoms with Gasteiger partial charge in [0.2, 0.25) is 0 Å². The smallest absolute Gasteiger partial charge is 0.267 e. The van der Waals surface area contributed by atoms with E-state index in [9.17, 15) is 13.6 Å². The molecule has 2 nitrogen and oxygen atoms in total. The van der Waals surface area contributed by atoms with E-state index in [1.807, 2.05) is 0 Å². The fourth-order valence-corrected chi connectivity index (χ4v) is 2.11. The SMILES string of the molecule is O=C(Cl)c1cnc(I)c(C(F)F)c1Cl. The van der Waals surface area contributed by atoms with E-state index in [1.165, 1.54) is 0 Å². The minimum atomic E-state index is -2.78. The molecule has 1 aromatic rings. The maximum absolute atomic E-state index is 12.4. The predicted molar refractivity (Wildman–Crippen MR) is 57.1 cm³/mol. The van der Waals surface area contributed by atoms with Gasteiger partial charge in [0.1, 0.15) is 3.70 Å². The van der Waals surface area contributed by atoms with Crippen LogP contribution in [0.2, 0.25) is 5.02 Å². The third-order valence-electron chi connectivity index (χ3n) is 1.43. The van der Waals surface area contributed by atoms with Crippen molar-refractivity contribution in [2.45, 2.75) is 6.43 Å². The molecule has 0 aliphatic rings. The zero-order chi connectivity index (χ0) is 10.9. The number of aromatic nitrogens is 1. The summed E-state index contributed by atoms with van der Waals surface area (Å²) in [5.41, 5.74) is -0.664. The molecule has 0 saturated carbocycles. The molecule has 0 aliphatic heterocycles. The Morgan fingerprint density at radius 3 is 2.57 bits per heavy atom. The largest absolute Gasteiger partial charge is 0.275 e. The van der Waals surface area contributed by atoms with Crippen molar-refractivity contribution in [2.75, 3.05) is 0 Å². The highest BCUT2D eigenvalue weighted by molar-refractivity contribution is 14.1. The molecular weight excluding hydrogens is 350 g/mol. The van der Waals surface area contributed by atoms with E-state index in [1.54, 1.807) is 22.6 Å². The fraction of sp³-hybridized carbons (Fsp3) is 0.143. The highest BCUT2D eigenvalue weighted by atomic mass is 127. The van der Waals surface area contributed by atoms with Crippen molar-refractivity contribution in [1.82, 2.24) is 4.98 Å². The summed E-state index contributed by atoms with van der Waals surface area (Å²) in [6, 6.07) is 0. The maximum Gasteiger partial charge on any atom is 0.267 e. The van der Waals surface area contributed by atoms with Crippen LogP contribution < -0.4 is 0 Å². The number of carbonyl (C=O) groups is 1. The summed E-state index contributed by atoms with van der Waals surface area (Å²) in [7, 11) is 0. The van der Waals surface area contributed by atoms with Crippen molar-refractivity contribution in [3.05, 3.63) is 26.0 Å². The minimum Gasteiger partial charge on any atom is -0.275 e. The van der Waals surface area contributed by atoms with Crippen LogP contribution in [0.25, 0.3) is 0 Å². The van der Waals surface area contributed by atoms with Gasteiger partial charge in [-0.25, -0.2) is 13.8 Å². The number of rotatable bonds is 2. The molecule has 0 fully saturated rings. The van der Waals surface area contributed by atoms with Gasteiger partial charge in [-0.1, -0.05) is 11.6 Å². The Morgan fingerprint density at radius 2 is 2.14 bits per heavy atom. The predicted octanol–water partition coefficient (Wildman–Crippen LogP) is 3.66. The summed E-state index contributed by atoms with van der Waals surface area (Å²) in [6.45, 7) is 0. The lowest BCUT2D eigenvalue weighted by molar-refractivity contribution is 0.108. The molecule has 0 bridgehead atoms. The van der Waals surface area contributed by atoms with Crippen LogP contribution in [0.3, 0.4) is 0 Å². The molecule has 0 unspecified atom stereocenters. The second-order valence-electron chi connectivity index (χ2n) is 2.26. The number of alkyl halides is 2. The van der Waals surface area contributed by atoms with E-state index >= 15 is 0 Å². The Balaban J connectivity index is 3.41. The second-order valence-corrected chi connectivity index (χ2v) is 4.01. The quantitative estimate of drug-likeness (QED) is 0.462. The highest BCUT2D eigenvalue weighted by Crippen LogP contribution is 2.32. The van der Waals surface area contributed by atoms with E-state index in [4.69, 9.17) is 23.2 Å². The lowest BCUT2D eigenvalue weighted by atomic mass is 10.2. The van der Waals surface area contributed by atoms with Crippen LogP contribution in [0.15, 0.2) is 6.20 Å². The van der Waals surface area contributed by atoms with Gasteiger partial charge >= 0.3 is 0 Å². The molecule has 0 aliphatic carbocycles. The summed E-state index contributed by atoms with van der Waals surface area (Å²) < 4.78 is 25.0. The summed E-state index contributed by atoms with van der Waals surface area (Å²) in [6.07, 6.45) is -1.71. The summed E-state index contributed by atoms with van der Waals surface area (Å²) in [5, 5.41) is -1.24. The van der Waals surface area contributed by atoms with Gasteiger partial charge in [-0.2, -0.15) is 0 Å².